The summed E-state index contributed by atoms with van der Waals surface area (Å²) in [6.07, 6.45) is 3.35. The molecule has 0 spiro atoms. The van der Waals surface area contributed by atoms with E-state index in [1.54, 1.807) is 12.3 Å². The Morgan fingerprint density at radius 1 is 1.15 bits per heavy atom. The lowest BCUT2D eigenvalue weighted by molar-refractivity contribution is 0.0457. The van der Waals surface area contributed by atoms with Gasteiger partial charge in [0.25, 0.3) is 11.1 Å². The van der Waals surface area contributed by atoms with Gasteiger partial charge in [-0.15, -0.1) is 0 Å². The average Bonchev–Trinajstić information content (AvgIpc) is 2.65. The summed E-state index contributed by atoms with van der Waals surface area (Å²) in [4.78, 5) is 40.5. The van der Waals surface area contributed by atoms with Crippen LogP contribution in [0.25, 0.3) is 5.65 Å². The van der Waals surface area contributed by atoms with Crippen molar-refractivity contribution in [3.63, 3.8) is 0 Å². The molecule has 0 N–H and O–H groups in total. The molecule has 0 aliphatic heterocycles. The van der Waals surface area contributed by atoms with E-state index in [1.165, 1.54) is 27.3 Å². The Morgan fingerprint density at radius 3 is 2.74 bits per heavy atom. The molecule has 3 heterocycles. The molecular weight excluding hydrogens is 348 g/mol. The monoisotopic (exact) mass is 368 g/mol. The maximum atomic E-state index is 12.2. The molecule has 0 aliphatic carbocycles. The van der Waals surface area contributed by atoms with E-state index < -0.39 is 5.97 Å². The van der Waals surface area contributed by atoms with Gasteiger partial charge in [-0.1, -0.05) is 13.3 Å². The van der Waals surface area contributed by atoms with Gasteiger partial charge in [-0.3, -0.25) is 14.0 Å². The molecule has 140 valence electrons. The zero-order valence-corrected chi connectivity index (χ0v) is 15.2. The summed E-state index contributed by atoms with van der Waals surface area (Å²) in [5.74, 6) is -0.675. The number of carbonyl (C=O) groups excluding carboxylic acids is 1. The number of rotatable bonds is 6. The second kappa shape index (κ2) is 7.94. The van der Waals surface area contributed by atoms with Crippen LogP contribution in [0.1, 0.15) is 41.5 Å². The van der Waals surface area contributed by atoms with Gasteiger partial charge in [-0.05, 0) is 37.1 Å². The van der Waals surface area contributed by atoms with E-state index in [9.17, 15) is 14.4 Å². The van der Waals surface area contributed by atoms with Crippen molar-refractivity contribution >= 4 is 11.6 Å². The third-order valence-electron chi connectivity index (χ3n) is 4.03. The molecule has 0 saturated carbocycles. The summed E-state index contributed by atoms with van der Waals surface area (Å²) in [6.45, 7) is 4.19. The largest absolute Gasteiger partial charge is 0.454 e. The zero-order chi connectivity index (χ0) is 19.4. The molecule has 3 aromatic rings. The highest BCUT2D eigenvalue weighted by molar-refractivity contribution is 5.86. The van der Waals surface area contributed by atoms with Gasteiger partial charge in [0, 0.05) is 24.9 Å². The summed E-state index contributed by atoms with van der Waals surface area (Å²) < 4.78 is 7.89. The first-order valence-corrected chi connectivity index (χ1v) is 8.72. The molecule has 0 unspecified atom stereocenters. The summed E-state index contributed by atoms with van der Waals surface area (Å²) in [5, 5.41) is 4.04. The number of fused-ring (bicyclic) bond motifs is 1. The van der Waals surface area contributed by atoms with Crippen LogP contribution in [0.3, 0.4) is 0 Å². The smallest absolute Gasteiger partial charge is 0.359 e. The standard InChI is InChI=1S/C19H20N4O4/c1-3-4-8-23-17(24)6-5-15(21-23)19(26)27-12-14-11-18(25)22-9-7-13(2)10-16(22)20-14/h5-7,9-11H,3-4,8,12H2,1-2H3. The van der Waals surface area contributed by atoms with Crippen LogP contribution in [-0.4, -0.2) is 25.1 Å². The second-order valence-corrected chi connectivity index (χ2v) is 6.23. The molecule has 3 aromatic heterocycles. The Hall–Kier alpha value is -3.29. The van der Waals surface area contributed by atoms with Crippen molar-refractivity contribution in [3.05, 3.63) is 74.2 Å². The Balaban J connectivity index is 1.77. The SMILES string of the molecule is CCCCn1nc(C(=O)OCc2cc(=O)n3ccc(C)cc3n2)ccc1=O. The highest BCUT2D eigenvalue weighted by Crippen LogP contribution is 2.05. The minimum absolute atomic E-state index is 0.0408. The van der Waals surface area contributed by atoms with Crippen LogP contribution in [0, 0.1) is 6.92 Å². The third kappa shape index (κ3) is 4.28. The Kier molecular flexibility index (Phi) is 5.44. The number of aryl methyl sites for hydroxylation is 2. The number of esters is 1. The number of pyridine rings is 1. The fourth-order valence-electron chi connectivity index (χ4n) is 2.57. The van der Waals surface area contributed by atoms with Crippen LogP contribution in [-0.2, 0) is 17.9 Å². The molecule has 0 aliphatic rings. The summed E-state index contributed by atoms with van der Waals surface area (Å²) >= 11 is 0. The van der Waals surface area contributed by atoms with E-state index >= 15 is 0 Å². The van der Waals surface area contributed by atoms with E-state index in [4.69, 9.17) is 4.74 Å². The lowest BCUT2D eigenvalue weighted by Crippen LogP contribution is -2.25. The van der Waals surface area contributed by atoms with Crippen molar-refractivity contribution in [3.8, 4) is 0 Å². The molecule has 0 radical (unpaired) electrons. The molecule has 0 bridgehead atoms. The van der Waals surface area contributed by atoms with E-state index in [0.29, 0.717) is 17.9 Å². The van der Waals surface area contributed by atoms with Crippen molar-refractivity contribution in [1.29, 1.82) is 0 Å². The Labute approximate surface area is 155 Å². The molecule has 3 rings (SSSR count). The molecule has 0 saturated heterocycles. The van der Waals surface area contributed by atoms with Gasteiger partial charge in [-0.2, -0.15) is 5.10 Å². The predicted octanol–water partition coefficient (Wildman–Crippen LogP) is 1.72. The minimum Gasteiger partial charge on any atom is -0.454 e. The van der Waals surface area contributed by atoms with E-state index in [0.717, 1.165) is 18.4 Å². The van der Waals surface area contributed by atoms with Crippen LogP contribution < -0.4 is 11.1 Å². The maximum absolute atomic E-state index is 12.2. The lowest BCUT2D eigenvalue weighted by atomic mass is 10.3. The van der Waals surface area contributed by atoms with Crippen LogP contribution in [0.5, 0.6) is 0 Å². The molecule has 8 nitrogen and oxygen atoms in total. The van der Waals surface area contributed by atoms with Gasteiger partial charge >= 0.3 is 5.97 Å². The maximum Gasteiger partial charge on any atom is 0.359 e. The number of carbonyl (C=O) groups is 1. The van der Waals surface area contributed by atoms with Crippen molar-refractivity contribution in [1.82, 2.24) is 19.2 Å². The first kappa shape index (κ1) is 18.5. The first-order valence-electron chi connectivity index (χ1n) is 8.72. The highest BCUT2D eigenvalue weighted by atomic mass is 16.5. The topological polar surface area (TPSA) is 95.6 Å². The van der Waals surface area contributed by atoms with Gasteiger partial charge in [0.1, 0.15) is 12.3 Å². The van der Waals surface area contributed by atoms with Crippen LogP contribution in [0.2, 0.25) is 0 Å². The molecule has 0 fully saturated rings. The van der Waals surface area contributed by atoms with Crippen LogP contribution in [0.4, 0.5) is 0 Å². The highest BCUT2D eigenvalue weighted by Gasteiger charge is 2.12. The third-order valence-corrected chi connectivity index (χ3v) is 4.03. The zero-order valence-electron chi connectivity index (χ0n) is 15.2. The van der Waals surface area contributed by atoms with Gasteiger partial charge in [-0.25, -0.2) is 14.5 Å². The van der Waals surface area contributed by atoms with Gasteiger partial charge < -0.3 is 4.74 Å². The van der Waals surface area contributed by atoms with Gasteiger partial charge in [0.05, 0.1) is 5.69 Å². The number of hydrogen-bond acceptors (Lipinski definition) is 6. The normalized spacial score (nSPS) is 10.9. The van der Waals surface area contributed by atoms with Crippen molar-refractivity contribution in [2.75, 3.05) is 0 Å². The number of aromatic nitrogens is 4. The Morgan fingerprint density at radius 2 is 1.96 bits per heavy atom. The summed E-state index contributed by atoms with van der Waals surface area (Å²) in [5.41, 5.74) is 1.32. The number of nitrogens with zero attached hydrogens (tertiary/aromatic N) is 4. The lowest BCUT2D eigenvalue weighted by Gasteiger charge is -2.08. The first-order chi connectivity index (χ1) is 13.0. The van der Waals surface area contributed by atoms with Crippen molar-refractivity contribution in [2.45, 2.75) is 39.8 Å². The van der Waals surface area contributed by atoms with E-state index in [2.05, 4.69) is 10.1 Å². The number of unbranched alkanes of at least 4 members (excludes halogenated alkanes) is 1. The molecule has 0 atom stereocenters. The average molecular weight is 368 g/mol. The number of hydrogen-bond donors (Lipinski definition) is 0. The fourth-order valence-corrected chi connectivity index (χ4v) is 2.57. The predicted molar refractivity (Wildman–Crippen MR) is 98.7 cm³/mol. The van der Waals surface area contributed by atoms with Gasteiger partial charge in [0.15, 0.2) is 5.69 Å². The molecule has 27 heavy (non-hydrogen) atoms. The molecule has 0 aromatic carbocycles. The molecule has 0 amide bonds. The summed E-state index contributed by atoms with van der Waals surface area (Å²) in [7, 11) is 0. The van der Waals surface area contributed by atoms with E-state index in [1.807, 2.05) is 19.9 Å². The minimum atomic E-state index is -0.675. The van der Waals surface area contributed by atoms with E-state index in [-0.39, 0.29) is 23.4 Å². The molecule has 8 heteroatoms. The Bertz CT molecular complexity index is 1100. The fraction of sp³-hybridized carbons (Fsp3) is 0.316. The summed E-state index contributed by atoms with van der Waals surface area (Å²) in [6, 6.07) is 7.54. The van der Waals surface area contributed by atoms with Crippen LogP contribution in [0.15, 0.2) is 46.1 Å². The van der Waals surface area contributed by atoms with Gasteiger partial charge in [0.2, 0.25) is 0 Å². The van der Waals surface area contributed by atoms with Crippen LogP contribution >= 0.6 is 0 Å². The quantitative estimate of drug-likeness (QED) is 0.615. The second-order valence-electron chi connectivity index (χ2n) is 6.23. The van der Waals surface area contributed by atoms with Crippen molar-refractivity contribution in [2.24, 2.45) is 0 Å². The molecular formula is C19H20N4O4. The van der Waals surface area contributed by atoms with Crippen molar-refractivity contribution < 1.29 is 9.53 Å². The number of ether oxygens (including phenoxy) is 1.